The first-order valence-electron chi connectivity index (χ1n) is 6.68. The van der Waals surface area contributed by atoms with Crippen LogP contribution >= 0.6 is 46.9 Å². The quantitative estimate of drug-likeness (QED) is 0.804. The molecule has 1 heterocycles. The molecule has 3 N–H and O–H groups in total. The molecule has 2 rings (SSSR count). The Hall–Kier alpha value is -0.520. The van der Waals surface area contributed by atoms with Crippen LogP contribution in [0.2, 0.25) is 10.0 Å². The lowest BCUT2D eigenvalue weighted by Crippen LogP contribution is -2.54. The first-order valence-corrected chi connectivity index (χ1v) is 8.26. The van der Waals surface area contributed by atoms with Crippen molar-refractivity contribution in [3.05, 3.63) is 33.1 Å². The van der Waals surface area contributed by atoms with Crippen LogP contribution in [0.25, 0.3) is 10.1 Å². The molecule has 0 spiro atoms. The summed E-state index contributed by atoms with van der Waals surface area (Å²) in [5, 5.41) is 4.94. The van der Waals surface area contributed by atoms with E-state index in [9.17, 15) is 4.79 Å². The second-order valence-electron chi connectivity index (χ2n) is 5.62. The molecule has 1 aromatic heterocycles. The molecule has 7 heteroatoms. The molecule has 0 aliphatic rings. The number of carbonyl (C=O) groups is 1. The van der Waals surface area contributed by atoms with Gasteiger partial charge in [0.15, 0.2) is 0 Å². The molecule has 1 atom stereocenters. The molecule has 122 valence electrons. The van der Waals surface area contributed by atoms with Crippen molar-refractivity contribution in [2.24, 2.45) is 11.7 Å². The maximum absolute atomic E-state index is 12.5. The number of nitrogens with two attached hydrogens (primary N) is 1. The Labute approximate surface area is 150 Å². The predicted molar refractivity (Wildman–Crippen MR) is 98.9 cm³/mol. The zero-order valence-corrected chi connectivity index (χ0v) is 15.7. The lowest BCUT2D eigenvalue weighted by molar-refractivity contribution is 0.0887. The van der Waals surface area contributed by atoms with Crippen LogP contribution < -0.4 is 11.1 Å². The van der Waals surface area contributed by atoms with E-state index in [4.69, 9.17) is 28.9 Å². The standard InChI is InChI=1S/C15H18Cl2N2OS.ClH/c1-8(2)15(3,7-18)19-14(20)13-12(17)10-5-4-9(16)6-11(10)21-13;/h4-6,8H,7,18H2,1-3H3,(H,19,20);1H. The molecule has 0 aliphatic carbocycles. The van der Waals surface area contributed by atoms with E-state index < -0.39 is 5.54 Å². The number of amides is 1. The van der Waals surface area contributed by atoms with E-state index in [2.05, 4.69) is 5.32 Å². The van der Waals surface area contributed by atoms with E-state index in [0.717, 1.165) is 10.1 Å². The average Bonchev–Trinajstić information content (AvgIpc) is 2.75. The van der Waals surface area contributed by atoms with Crippen molar-refractivity contribution < 1.29 is 4.79 Å². The van der Waals surface area contributed by atoms with Crippen molar-refractivity contribution in [1.29, 1.82) is 0 Å². The number of thiophene rings is 1. The van der Waals surface area contributed by atoms with Gasteiger partial charge in [-0.05, 0) is 25.0 Å². The van der Waals surface area contributed by atoms with Crippen molar-refractivity contribution in [2.75, 3.05) is 6.54 Å². The molecule has 1 unspecified atom stereocenters. The molecular formula is C15H19Cl3N2OS. The van der Waals surface area contributed by atoms with Gasteiger partial charge < -0.3 is 11.1 Å². The van der Waals surface area contributed by atoms with E-state index >= 15 is 0 Å². The van der Waals surface area contributed by atoms with Gasteiger partial charge in [0.05, 0.1) is 10.6 Å². The number of rotatable bonds is 4. The van der Waals surface area contributed by atoms with Crippen molar-refractivity contribution in [3.8, 4) is 0 Å². The molecule has 1 amide bonds. The van der Waals surface area contributed by atoms with E-state index in [-0.39, 0.29) is 24.2 Å². The topological polar surface area (TPSA) is 55.1 Å². The van der Waals surface area contributed by atoms with Crippen LogP contribution in [0, 0.1) is 5.92 Å². The molecule has 0 saturated carbocycles. The van der Waals surface area contributed by atoms with Gasteiger partial charge in [-0.3, -0.25) is 4.79 Å². The Morgan fingerprint density at radius 3 is 2.59 bits per heavy atom. The minimum absolute atomic E-state index is 0. The minimum Gasteiger partial charge on any atom is -0.345 e. The summed E-state index contributed by atoms with van der Waals surface area (Å²) in [4.78, 5) is 13.0. The number of carbonyl (C=O) groups excluding carboxylic acids is 1. The van der Waals surface area contributed by atoms with Crippen LogP contribution in [-0.2, 0) is 0 Å². The smallest absolute Gasteiger partial charge is 0.263 e. The van der Waals surface area contributed by atoms with Gasteiger partial charge in [0.2, 0.25) is 0 Å². The number of halogens is 3. The monoisotopic (exact) mass is 380 g/mol. The number of hydrogen-bond donors (Lipinski definition) is 2. The number of nitrogens with one attached hydrogen (secondary N) is 1. The fourth-order valence-corrected chi connectivity index (χ4v) is 3.62. The van der Waals surface area contributed by atoms with Crippen LogP contribution in [0.4, 0.5) is 0 Å². The third-order valence-corrected chi connectivity index (χ3v) is 5.79. The zero-order valence-electron chi connectivity index (χ0n) is 12.6. The number of hydrogen-bond acceptors (Lipinski definition) is 3. The van der Waals surface area contributed by atoms with E-state index in [1.54, 1.807) is 6.07 Å². The maximum atomic E-state index is 12.5. The molecule has 2 aromatic rings. The van der Waals surface area contributed by atoms with Gasteiger partial charge in [-0.25, -0.2) is 0 Å². The third-order valence-electron chi connectivity index (χ3n) is 3.90. The van der Waals surface area contributed by atoms with Crippen LogP contribution in [0.5, 0.6) is 0 Å². The van der Waals surface area contributed by atoms with Crippen LogP contribution in [0.1, 0.15) is 30.4 Å². The van der Waals surface area contributed by atoms with Crippen molar-refractivity contribution in [2.45, 2.75) is 26.3 Å². The maximum Gasteiger partial charge on any atom is 0.263 e. The number of benzene rings is 1. The van der Waals surface area contributed by atoms with E-state index in [1.807, 2.05) is 32.9 Å². The molecule has 0 aliphatic heterocycles. The second kappa shape index (κ2) is 7.37. The molecule has 22 heavy (non-hydrogen) atoms. The van der Waals surface area contributed by atoms with Crippen LogP contribution in [0.3, 0.4) is 0 Å². The molecular weight excluding hydrogens is 363 g/mol. The van der Waals surface area contributed by atoms with Gasteiger partial charge in [0, 0.05) is 21.7 Å². The molecule has 0 fully saturated rings. The second-order valence-corrected chi connectivity index (χ2v) is 7.48. The SMILES string of the molecule is CC(C)C(C)(CN)NC(=O)c1sc2cc(Cl)ccc2c1Cl.Cl. The third kappa shape index (κ3) is 3.69. The van der Waals surface area contributed by atoms with Crippen molar-refractivity contribution >= 4 is 62.9 Å². The summed E-state index contributed by atoms with van der Waals surface area (Å²) in [6.07, 6.45) is 0. The fourth-order valence-electron chi connectivity index (χ4n) is 1.93. The summed E-state index contributed by atoms with van der Waals surface area (Å²) in [7, 11) is 0. The Balaban J connectivity index is 0.00000242. The summed E-state index contributed by atoms with van der Waals surface area (Å²) in [6.45, 7) is 6.36. The van der Waals surface area contributed by atoms with E-state index in [0.29, 0.717) is 21.5 Å². The average molecular weight is 382 g/mol. The molecule has 3 nitrogen and oxygen atoms in total. The number of fused-ring (bicyclic) bond motifs is 1. The van der Waals surface area contributed by atoms with E-state index in [1.165, 1.54) is 11.3 Å². The molecule has 0 saturated heterocycles. The normalized spacial score (nSPS) is 13.8. The Kier molecular flexibility index (Phi) is 6.54. The highest BCUT2D eigenvalue weighted by Crippen LogP contribution is 2.37. The van der Waals surface area contributed by atoms with Crippen LogP contribution in [0.15, 0.2) is 18.2 Å². The Morgan fingerprint density at radius 2 is 2.05 bits per heavy atom. The fraction of sp³-hybridized carbons (Fsp3) is 0.400. The highest BCUT2D eigenvalue weighted by Gasteiger charge is 2.30. The molecule has 1 aromatic carbocycles. The summed E-state index contributed by atoms with van der Waals surface area (Å²) < 4.78 is 0.900. The van der Waals surface area contributed by atoms with Gasteiger partial charge >= 0.3 is 0 Å². The molecule has 0 bridgehead atoms. The van der Waals surface area contributed by atoms with Gasteiger partial charge in [-0.1, -0.05) is 43.1 Å². The summed E-state index contributed by atoms with van der Waals surface area (Å²) in [6, 6.07) is 5.41. The van der Waals surface area contributed by atoms with Crippen molar-refractivity contribution in [1.82, 2.24) is 5.32 Å². The minimum atomic E-state index is -0.464. The highest BCUT2D eigenvalue weighted by molar-refractivity contribution is 7.21. The van der Waals surface area contributed by atoms with Gasteiger partial charge in [-0.2, -0.15) is 0 Å². The first kappa shape index (κ1) is 19.5. The van der Waals surface area contributed by atoms with Crippen molar-refractivity contribution in [3.63, 3.8) is 0 Å². The summed E-state index contributed by atoms with van der Waals surface area (Å²) in [5.41, 5.74) is 5.34. The highest BCUT2D eigenvalue weighted by atomic mass is 35.5. The molecule has 0 radical (unpaired) electrons. The van der Waals surface area contributed by atoms with Gasteiger partial charge in [0.1, 0.15) is 4.88 Å². The largest absolute Gasteiger partial charge is 0.345 e. The lowest BCUT2D eigenvalue weighted by Gasteiger charge is -2.33. The Morgan fingerprint density at radius 1 is 1.41 bits per heavy atom. The van der Waals surface area contributed by atoms with Gasteiger partial charge in [-0.15, -0.1) is 23.7 Å². The predicted octanol–water partition coefficient (Wildman–Crippen LogP) is 4.73. The Bertz CT molecular complexity index is 687. The van der Waals surface area contributed by atoms with Crippen LogP contribution in [-0.4, -0.2) is 18.0 Å². The zero-order chi connectivity index (χ0) is 15.8. The first-order chi connectivity index (χ1) is 9.78. The lowest BCUT2D eigenvalue weighted by atomic mass is 9.88. The summed E-state index contributed by atoms with van der Waals surface area (Å²) >= 11 is 13.6. The summed E-state index contributed by atoms with van der Waals surface area (Å²) in [5.74, 6) is 0.0213. The van der Waals surface area contributed by atoms with Gasteiger partial charge in [0.25, 0.3) is 5.91 Å².